The number of nitrogens with zero attached hydrogens (tertiary/aromatic N) is 2. The minimum absolute atomic E-state index is 0.126. The molecule has 1 aromatic rings. The molecule has 2 N–H and O–H groups in total. The molecule has 0 spiro atoms. The second-order valence-corrected chi connectivity index (χ2v) is 5.71. The summed E-state index contributed by atoms with van der Waals surface area (Å²) in [4.78, 5) is 20.3. The van der Waals surface area contributed by atoms with E-state index in [1.165, 1.54) is 25.5 Å². The first-order valence-corrected chi connectivity index (χ1v) is 7.53. The zero-order valence-corrected chi connectivity index (χ0v) is 12.4. The Morgan fingerprint density at radius 3 is 2.80 bits per heavy atom. The van der Waals surface area contributed by atoms with Gasteiger partial charge in [0.05, 0.1) is 12.4 Å². The van der Waals surface area contributed by atoms with E-state index < -0.39 is 0 Å². The number of hydrogen-bond donors (Lipinski definition) is 2. The molecule has 0 saturated heterocycles. The first-order chi connectivity index (χ1) is 9.69. The van der Waals surface area contributed by atoms with Gasteiger partial charge < -0.3 is 10.6 Å². The highest BCUT2D eigenvalue weighted by Crippen LogP contribution is 2.29. The van der Waals surface area contributed by atoms with E-state index in [-0.39, 0.29) is 5.91 Å². The van der Waals surface area contributed by atoms with E-state index in [2.05, 4.69) is 34.4 Å². The lowest BCUT2D eigenvalue weighted by molar-refractivity contribution is 0.0941. The van der Waals surface area contributed by atoms with Gasteiger partial charge in [-0.15, -0.1) is 0 Å². The number of aromatic nitrogens is 2. The number of carbonyl (C=O) groups is 1. The van der Waals surface area contributed by atoms with Crippen molar-refractivity contribution in [3.8, 4) is 0 Å². The number of amides is 1. The number of rotatable bonds is 6. The van der Waals surface area contributed by atoms with Crippen LogP contribution in [0.15, 0.2) is 12.4 Å². The van der Waals surface area contributed by atoms with Crippen LogP contribution in [-0.2, 0) is 0 Å². The molecule has 0 bridgehead atoms. The maximum absolute atomic E-state index is 12.0. The second-order valence-electron chi connectivity index (χ2n) is 5.71. The van der Waals surface area contributed by atoms with Gasteiger partial charge in [0.2, 0.25) is 0 Å². The summed E-state index contributed by atoms with van der Waals surface area (Å²) >= 11 is 0. The Kier molecular flexibility index (Phi) is 5.32. The molecule has 1 aliphatic carbocycles. The van der Waals surface area contributed by atoms with Crippen molar-refractivity contribution in [3.05, 3.63) is 18.1 Å². The van der Waals surface area contributed by atoms with E-state index in [1.54, 1.807) is 6.20 Å². The average Bonchev–Trinajstić information content (AvgIpc) is 2.89. The van der Waals surface area contributed by atoms with Crippen LogP contribution in [-0.4, -0.2) is 29.0 Å². The van der Waals surface area contributed by atoms with Gasteiger partial charge in [0.1, 0.15) is 11.5 Å². The third-order valence-corrected chi connectivity index (χ3v) is 3.80. The molecule has 2 unspecified atom stereocenters. The summed E-state index contributed by atoms with van der Waals surface area (Å²) in [5.41, 5.74) is 0.387. The Balaban J connectivity index is 1.80. The molecule has 1 saturated carbocycles. The van der Waals surface area contributed by atoms with Gasteiger partial charge in [0.15, 0.2) is 0 Å². The van der Waals surface area contributed by atoms with Gasteiger partial charge in [0.25, 0.3) is 5.91 Å². The molecule has 20 heavy (non-hydrogen) atoms. The summed E-state index contributed by atoms with van der Waals surface area (Å²) in [5.74, 6) is 2.00. The molecule has 1 aromatic heterocycles. The summed E-state index contributed by atoms with van der Waals surface area (Å²) in [7, 11) is 0. The van der Waals surface area contributed by atoms with Crippen LogP contribution in [0.3, 0.4) is 0 Å². The van der Waals surface area contributed by atoms with Crippen molar-refractivity contribution in [1.29, 1.82) is 0 Å². The van der Waals surface area contributed by atoms with Crippen LogP contribution in [0, 0.1) is 11.8 Å². The minimum Gasteiger partial charge on any atom is -0.369 e. The lowest BCUT2D eigenvalue weighted by Gasteiger charge is -2.11. The van der Waals surface area contributed by atoms with Crippen LogP contribution in [0.5, 0.6) is 0 Å². The maximum Gasteiger partial charge on any atom is 0.271 e. The van der Waals surface area contributed by atoms with Gasteiger partial charge in [-0.05, 0) is 31.1 Å². The Morgan fingerprint density at radius 2 is 2.20 bits per heavy atom. The Bertz CT molecular complexity index is 432. The van der Waals surface area contributed by atoms with Gasteiger partial charge in [-0.2, -0.15) is 0 Å². The van der Waals surface area contributed by atoms with Crippen LogP contribution >= 0.6 is 0 Å². The van der Waals surface area contributed by atoms with Crippen LogP contribution in [0.1, 0.15) is 50.0 Å². The SMILES string of the molecule is CCCNc1cnc(C(=O)NCC2CCC(C)C2)cn1. The van der Waals surface area contributed by atoms with Gasteiger partial charge in [0, 0.05) is 13.1 Å². The Labute approximate surface area is 120 Å². The van der Waals surface area contributed by atoms with Gasteiger partial charge in [-0.3, -0.25) is 4.79 Å². The quantitative estimate of drug-likeness (QED) is 0.837. The Hall–Kier alpha value is -1.65. The average molecular weight is 276 g/mol. The predicted octanol–water partition coefficient (Wildman–Crippen LogP) is 2.46. The molecular weight excluding hydrogens is 252 g/mol. The highest BCUT2D eigenvalue weighted by Gasteiger charge is 2.21. The van der Waals surface area contributed by atoms with E-state index >= 15 is 0 Å². The molecule has 0 radical (unpaired) electrons. The first-order valence-electron chi connectivity index (χ1n) is 7.53. The third kappa shape index (κ3) is 4.18. The molecule has 1 amide bonds. The minimum atomic E-state index is -0.126. The molecule has 2 rings (SSSR count). The van der Waals surface area contributed by atoms with Gasteiger partial charge in [-0.1, -0.05) is 20.3 Å². The standard InChI is InChI=1S/C15H24N4O/c1-3-6-16-14-10-17-13(9-18-14)15(20)19-8-12-5-4-11(2)7-12/h9-12H,3-8H2,1-2H3,(H,16,18)(H,19,20). The molecule has 0 aliphatic heterocycles. The van der Waals surface area contributed by atoms with E-state index in [9.17, 15) is 4.79 Å². The predicted molar refractivity (Wildman–Crippen MR) is 79.7 cm³/mol. The van der Waals surface area contributed by atoms with Crippen LogP contribution in [0.4, 0.5) is 5.82 Å². The molecule has 110 valence electrons. The zero-order chi connectivity index (χ0) is 14.4. The van der Waals surface area contributed by atoms with Crippen molar-refractivity contribution >= 4 is 11.7 Å². The molecule has 5 heteroatoms. The van der Waals surface area contributed by atoms with Crippen LogP contribution < -0.4 is 10.6 Å². The summed E-state index contributed by atoms with van der Waals surface area (Å²) in [5, 5.41) is 6.10. The van der Waals surface area contributed by atoms with Crippen LogP contribution in [0.2, 0.25) is 0 Å². The lowest BCUT2D eigenvalue weighted by Crippen LogP contribution is -2.29. The molecule has 1 fully saturated rings. The normalized spacial score (nSPS) is 21.7. The summed E-state index contributed by atoms with van der Waals surface area (Å²) in [6.07, 6.45) is 7.88. The summed E-state index contributed by atoms with van der Waals surface area (Å²) in [6, 6.07) is 0. The van der Waals surface area contributed by atoms with Crippen molar-refractivity contribution in [2.45, 2.75) is 39.5 Å². The fourth-order valence-corrected chi connectivity index (χ4v) is 2.63. The van der Waals surface area contributed by atoms with E-state index in [4.69, 9.17) is 0 Å². The maximum atomic E-state index is 12.0. The number of hydrogen-bond acceptors (Lipinski definition) is 4. The van der Waals surface area contributed by atoms with Crippen molar-refractivity contribution in [2.75, 3.05) is 18.4 Å². The molecule has 5 nitrogen and oxygen atoms in total. The molecule has 1 aliphatic rings. The molecular formula is C15H24N4O. The van der Waals surface area contributed by atoms with Gasteiger partial charge >= 0.3 is 0 Å². The van der Waals surface area contributed by atoms with Crippen LogP contribution in [0.25, 0.3) is 0 Å². The summed E-state index contributed by atoms with van der Waals surface area (Å²) < 4.78 is 0. The lowest BCUT2D eigenvalue weighted by atomic mass is 10.1. The zero-order valence-electron chi connectivity index (χ0n) is 12.4. The Morgan fingerprint density at radius 1 is 1.35 bits per heavy atom. The number of anilines is 1. The third-order valence-electron chi connectivity index (χ3n) is 3.80. The number of carbonyl (C=O) groups excluding carboxylic acids is 1. The molecule has 1 heterocycles. The fraction of sp³-hybridized carbons (Fsp3) is 0.667. The second kappa shape index (κ2) is 7.22. The van der Waals surface area contributed by atoms with Crippen molar-refractivity contribution in [3.63, 3.8) is 0 Å². The first kappa shape index (κ1) is 14.8. The molecule has 0 aromatic carbocycles. The fourth-order valence-electron chi connectivity index (χ4n) is 2.63. The molecule has 2 atom stereocenters. The number of nitrogens with one attached hydrogen (secondary N) is 2. The van der Waals surface area contributed by atoms with Crippen molar-refractivity contribution < 1.29 is 4.79 Å². The van der Waals surface area contributed by atoms with Crippen molar-refractivity contribution in [2.24, 2.45) is 11.8 Å². The largest absolute Gasteiger partial charge is 0.369 e. The smallest absolute Gasteiger partial charge is 0.271 e. The van der Waals surface area contributed by atoms with Gasteiger partial charge in [-0.25, -0.2) is 9.97 Å². The van der Waals surface area contributed by atoms with Crippen molar-refractivity contribution in [1.82, 2.24) is 15.3 Å². The van der Waals surface area contributed by atoms with E-state index in [0.29, 0.717) is 17.4 Å². The van der Waals surface area contributed by atoms with E-state index in [0.717, 1.165) is 25.4 Å². The highest BCUT2D eigenvalue weighted by molar-refractivity contribution is 5.91. The topological polar surface area (TPSA) is 66.9 Å². The van der Waals surface area contributed by atoms with E-state index in [1.807, 2.05) is 0 Å². The summed E-state index contributed by atoms with van der Waals surface area (Å²) in [6.45, 7) is 5.97. The monoisotopic (exact) mass is 276 g/mol. The highest BCUT2D eigenvalue weighted by atomic mass is 16.1.